The normalized spacial score (nSPS) is 26.8. The molecule has 1 saturated heterocycles. The van der Waals surface area contributed by atoms with E-state index >= 15 is 0 Å². The highest BCUT2D eigenvalue weighted by Gasteiger charge is 2.31. The molecule has 15 heavy (non-hydrogen) atoms. The zero-order chi connectivity index (χ0) is 10.7. The van der Waals surface area contributed by atoms with Crippen LogP contribution in [0.1, 0.15) is 26.2 Å². The van der Waals surface area contributed by atoms with Crippen LogP contribution >= 0.6 is 12.6 Å². The molecule has 2 nitrogen and oxygen atoms in total. The fraction of sp³-hybridized carbons (Fsp3) is 1.00. The molecule has 1 saturated carbocycles. The Labute approximate surface area is 99.4 Å². The number of nitrogens with zero attached hydrogens (tertiary/aromatic N) is 2. The second-order valence-electron chi connectivity index (χ2n) is 5.02. The smallest absolute Gasteiger partial charge is 0.0113 e. The van der Waals surface area contributed by atoms with Gasteiger partial charge in [-0.2, -0.15) is 12.6 Å². The van der Waals surface area contributed by atoms with Gasteiger partial charge in [-0.15, -0.1) is 0 Å². The van der Waals surface area contributed by atoms with Gasteiger partial charge in [-0.05, 0) is 24.5 Å². The molecular weight excluding hydrogens is 204 g/mol. The molecule has 0 aromatic carbocycles. The van der Waals surface area contributed by atoms with Crippen LogP contribution in [-0.2, 0) is 0 Å². The van der Waals surface area contributed by atoms with Gasteiger partial charge < -0.3 is 4.90 Å². The average Bonchev–Trinajstić information content (AvgIpc) is 3.10. The Morgan fingerprint density at radius 3 is 2.33 bits per heavy atom. The van der Waals surface area contributed by atoms with E-state index in [0.717, 1.165) is 17.7 Å². The lowest BCUT2D eigenvalue weighted by Crippen LogP contribution is -2.48. The van der Waals surface area contributed by atoms with E-state index in [-0.39, 0.29) is 0 Å². The third kappa shape index (κ3) is 3.36. The monoisotopic (exact) mass is 228 g/mol. The molecule has 0 bridgehead atoms. The predicted octanol–water partition coefficient (Wildman–Crippen LogP) is 1.72. The van der Waals surface area contributed by atoms with Gasteiger partial charge in [0.25, 0.3) is 0 Å². The molecule has 0 amide bonds. The highest BCUT2D eigenvalue weighted by Crippen LogP contribution is 2.27. The lowest BCUT2D eigenvalue weighted by molar-refractivity contribution is 0.115. The Kier molecular flexibility index (Phi) is 4.35. The van der Waals surface area contributed by atoms with Gasteiger partial charge in [0.1, 0.15) is 0 Å². The summed E-state index contributed by atoms with van der Waals surface area (Å²) in [6.07, 6.45) is 4.18. The van der Waals surface area contributed by atoms with Crippen molar-refractivity contribution in [2.45, 2.75) is 32.2 Å². The van der Waals surface area contributed by atoms with E-state index in [1.54, 1.807) is 0 Å². The molecule has 3 heteroatoms. The third-order valence-corrected chi connectivity index (χ3v) is 4.34. The van der Waals surface area contributed by atoms with Gasteiger partial charge >= 0.3 is 0 Å². The van der Waals surface area contributed by atoms with Crippen LogP contribution in [0, 0.1) is 5.92 Å². The summed E-state index contributed by atoms with van der Waals surface area (Å²) in [6, 6.07) is 0.957. The minimum atomic E-state index is 0.792. The molecule has 88 valence electrons. The molecule has 1 aliphatic carbocycles. The number of hydrogen-bond donors (Lipinski definition) is 1. The second kappa shape index (κ2) is 5.55. The molecular formula is C12H24N2S. The van der Waals surface area contributed by atoms with Gasteiger partial charge in [-0.3, -0.25) is 4.90 Å². The van der Waals surface area contributed by atoms with Crippen molar-refractivity contribution in [2.75, 3.05) is 38.5 Å². The zero-order valence-electron chi connectivity index (χ0n) is 9.86. The Morgan fingerprint density at radius 1 is 1.20 bits per heavy atom. The van der Waals surface area contributed by atoms with Crippen molar-refractivity contribution in [2.24, 2.45) is 5.92 Å². The Balaban J connectivity index is 1.68. The van der Waals surface area contributed by atoms with Gasteiger partial charge in [0.15, 0.2) is 0 Å². The Bertz CT molecular complexity index is 182. The summed E-state index contributed by atoms with van der Waals surface area (Å²) < 4.78 is 0. The van der Waals surface area contributed by atoms with Crippen LogP contribution in [0.3, 0.4) is 0 Å². The number of hydrogen-bond acceptors (Lipinski definition) is 3. The molecule has 0 N–H and O–H groups in total. The van der Waals surface area contributed by atoms with E-state index in [9.17, 15) is 0 Å². The first kappa shape index (κ1) is 11.7. The maximum Gasteiger partial charge on any atom is 0.0113 e. The van der Waals surface area contributed by atoms with E-state index in [2.05, 4.69) is 29.4 Å². The van der Waals surface area contributed by atoms with Crippen molar-refractivity contribution in [1.29, 1.82) is 0 Å². The minimum Gasteiger partial charge on any atom is -0.300 e. The van der Waals surface area contributed by atoms with Crippen LogP contribution < -0.4 is 0 Å². The van der Waals surface area contributed by atoms with Crippen molar-refractivity contribution in [3.63, 3.8) is 0 Å². The SMILES string of the molecule is CCC(CS)CN1CCN(C2CC2)CC1. The fourth-order valence-electron chi connectivity index (χ4n) is 2.43. The first-order valence-electron chi connectivity index (χ1n) is 6.40. The van der Waals surface area contributed by atoms with Crippen molar-refractivity contribution in [3.05, 3.63) is 0 Å². The molecule has 2 fully saturated rings. The van der Waals surface area contributed by atoms with Crippen LogP contribution in [0.15, 0.2) is 0 Å². The second-order valence-corrected chi connectivity index (χ2v) is 5.39. The van der Waals surface area contributed by atoms with Crippen LogP contribution in [0.25, 0.3) is 0 Å². The summed E-state index contributed by atoms with van der Waals surface area (Å²) in [5.74, 6) is 1.83. The summed E-state index contributed by atoms with van der Waals surface area (Å²) in [5, 5.41) is 0. The van der Waals surface area contributed by atoms with Crippen LogP contribution in [0.2, 0.25) is 0 Å². The molecule has 0 radical (unpaired) electrons. The van der Waals surface area contributed by atoms with Gasteiger partial charge in [-0.25, -0.2) is 0 Å². The largest absolute Gasteiger partial charge is 0.300 e. The van der Waals surface area contributed by atoms with Crippen molar-refractivity contribution >= 4 is 12.6 Å². The lowest BCUT2D eigenvalue weighted by atomic mass is 10.1. The fourth-order valence-corrected chi connectivity index (χ4v) is 2.81. The summed E-state index contributed by atoms with van der Waals surface area (Å²) >= 11 is 4.42. The lowest BCUT2D eigenvalue weighted by Gasteiger charge is -2.36. The molecule has 0 spiro atoms. The Hall–Kier alpha value is 0.270. The van der Waals surface area contributed by atoms with Gasteiger partial charge in [0, 0.05) is 38.8 Å². The van der Waals surface area contributed by atoms with Crippen LogP contribution in [0.5, 0.6) is 0 Å². The van der Waals surface area contributed by atoms with E-state index < -0.39 is 0 Å². The molecule has 0 aromatic rings. The molecule has 1 heterocycles. The molecule has 1 aliphatic heterocycles. The van der Waals surface area contributed by atoms with Gasteiger partial charge in [0.05, 0.1) is 0 Å². The average molecular weight is 228 g/mol. The zero-order valence-corrected chi connectivity index (χ0v) is 10.8. The van der Waals surface area contributed by atoms with Crippen molar-refractivity contribution in [3.8, 4) is 0 Å². The topological polar surface area (TPSA) is 6.48 Å². The van der Waals surface area contributed by atoms with Gasteiger partial charge in [0.2, 0.25) is 0 Å². The van der Waals surface area contributed by atoms with Crippen LogP contribution in [-0.4, -0.2) is 54.3 Å². The number of piperazine rings is 1. The molecule has 2 aliphatic rings. The highest BCUT2D eigenvalue weighted by atomic mass is 32.1. The predicted molar refractivity (Wildman–Crippen MR) is 68.7 cm³/mol. The summed E-state index contributed by atoms with van der Waals surface area (Å²) in [7, 11) is 0. The third-order valence-electron chi connectivity index (χ3n) is 3.82. The quantitative estimate of drug-likeness (QED) is 0.716. The highest BCUT2D eigenvalue weighted by molar-refractivity contribution is 7.80. The van der Waals surface area contributed by atoms with E-state index in [1.807, 2.05) is 0 Å². The molecule has 1 unspecified atom stereocenters. The molecule has 1 atom stereocenters. The summed E-state index contributed by atoms with van der Waals surface area (Å²) in [6.45, 7) is 8.70. The first-order valence-corrected chi connectivity index (χ1v) is 7.04. The van der Waals surface area contributed by atoms with Crippen molar-refractivity contribution < 1.29 is 0 Å². The standard InChI is InChI=1S/C12H24N2S/c1-2-11(10-15)9-13-5-7-14(8-6-13)12-3-4-12/h11-12,15H,2-10H2,1H3. The molecule has 2 rings (SSSR count). The molecule has 0 aromatic heterocycles. The number of thiol groups is 1. The van der Waals surface area contributed by atoms with E-state index in [0.29, 0.717) is 0 Å². The maximum absolute atomic E-state index is 4.42. The van der Waals surface area contributed by atoms with Crippen molar-refractivity contribution in [1.82, 2.24) is 9.80 Å². The van der Waals surface area contributed by atoms with Crippen LogP contribution in [0.4, 0.5) is 0 Å². The van der Waals surface area contributed by atoms with E-state index in [1.165, 1.54) is 52.0 Å². The van der Waals surface area contributed by atoms with E-state index in [4.69, 9.17) is 0 Å². The first-order chi connectivity index (χ1) is 7.33. The summed E-state index contributed by atoms with van der Waals surface area (Å²) in [5.41, 5.74) is 0. The summed E-state index contributed by atoms with van der Waals surface area (Å²) in [4.78, 5) is 5.31. The number of rotatable bonds is 5. The Morgan fingerprint density at radius 2 is 1.87 bits per heavy atom. The minimum absolute atomic E-state index is 0.792. The van der Waals surface area contributed by atoms with Gasteiger partial charge in [-0.1, -0.05) is 13.3 Å². The maximum atomic E-state index is 4.42.